The van der Waals surface area contributed by atoms with Gasteiger partial charge in [-0.2, -0.15) is 13.2 Å². The fourth-order valence-corrected chi connectivity index (χ4v) is 4.61. The molecule has 2 atom stereocenters. The van der Waals surface area contributed by atoms with E-state index >= 15 is 0 Å². The Morgan fingerprint density at radius 3 is 2.48 bits per heavy atom. The topological polar surface area (TPSA) is 49.4 Å². The lowest BCUT2D eigenvalue weighted by Gasteiger charge is -2.24. The Morgan fingerprint density at radius 2 is 1.81 bits per heavy atom. The Kier molecular flexibility index (Phi) is 5.60. The van der Waals surface area contributed by atoms with Gasteiger partial charge in [0.25, 0.3) is 0 Å². The monoisotopic (exact) mass is 398 g/mol. The molecule has 4 nitrogen and oxygen atoms in total. The maximum absolute atomic E-state index is 12.8. The molecule has 2 aromatic rings. The van der Waals surface area contributed by atoms with Gasteiger partial charge in [-0.15, -0.1) is 0 Å². The summed E-state index contributed by atoms with van der Waals surface area (Å²) in [6, 6.07) is 13.5. The van der Waals surface area contributed by atoms with Gasteiger partial charge in [0.05, 0.1) is 10.5 Å². The Bertz CT molecular complexity index is 885. The van der Waals surface area contributed by atoms with E-state index in [1.54, 1.807) is 0 Å². The van der Waals surface area contributed by atoms with Crippen LogP contribution in [-0.2, 0) is 16.2 Å². The Labute approximate surface area is 157 Å². The van der Waals surface area contributed by atoms with Gasteiger partial charge in [0.2, 0.25) is 10.0 Å². The first-order valence-electron chi connectivity index (χ1n) is 8.65. The van der Waals surface area contributed by atoms with Gasteiger partial charge >= 0.3 is 6.18 Å². The molecule has 0 amide bonds. The third-order valence-electron chi connectivity index (χ3n) is 4.84. The van der Waals surface area contributed by atoms with Crippen LogP contribution < -0.4 is 4.72 Å². The van der Waals surface area contributed by atoms with Crippen molar-refractivity contribution in [2.24, 2.45) is 0 Å². The summed E-state index contributed by atoms with van der Waals surface area (Å²) in [7, 11) is -4.02. The molecule has 0 unspecified atom stereocenters. The number of rotatable bonds is 5. The number of nitrogens with one attached hydrogen (secondary N) is 1. The summed E-state index contributed by atoms with van der Waals surface area (Å²) in [5.41, 5.74) is 0.162. The molecule has 0 bridgehead atoms. The molecule has 8 heteroatoms. The van der Waals surface area contributed by atoms with Gasteiger partial charge in [-0.25, -0.2) is 13.1 Å². The number of sulfonamides is 1. The lowest BCUT2D eigenvalue weighted by atomic mass is 10.1. The average molecular weight is 398 g/mol. The molecule has 0 aliphatic carbocycles. The number of likely N-dealkylation sites (tertiary alicyclic amines) is 1. The van der Waals surface area contributed by atoms with Crippen molar-refractivity contribution in [3.63, 3.8) is 0 Å². The fourth-order valence-electron chi connectivity index (χ4n) is 3.30. The van der Waals surface area contributed by atoms with Crippen LogP contribution in [0, 0.1) is 0 Å². The van der Waals surface area contributed by atoms with E-state index in [-0.39, 0.29) is 17.0 Å². The van der Waals surface area contributed by atoms with Crippen molar-refractivity contribution in [3.8, 4) is 0 Å². The molecule has 27 heavy (non-hydrogen) atoms. The third-order valence-corrected chi connectivity index (χ3v) is 6.36. The predicted octanol–water partition coefficient (Wildman–Crippen LogP) is 3.82. The number of hydrogen-bond acceptors (Lipinski definition) is 3. The summed E-state index contributed by atoms with van der Waals surface area (Å²) in [5.74, 6) is 0. The van der Waals surface area contributed by atoms with Crippen molar-refractivity contribution in [2.45, 2.75) is 36.5 Å². The van der Waals surface area contributed by atoms with Crippen LogP contribution in [0.5, 0.6) is 0 Å². The zero-order valence-electron chi connectivity index (χ0n) is 14.8. The van der Waals surface area contributed by atoms with Gasteiger partial charge in [-0.3, -0.25) is 4.90 Å². The van der Waals surface area contributed by atoms with E-state index < -0.39 is 21.8 Å². The molecule has 146 valence electrons. The van der Waals surface area contributed by atoms with Crippen LogP contribution in [0.1, 0.15) is 30.5 Å². The van der Waals surface area contributed by atoms with Gasteiger partial charge in [-0.1, -0.05) is 36.4 Å². The highest BCUT2D eigenvalue weighted by Gasteiger charge is 2.33. The van der Waals surface area contributed by atoms with E-state index in [0.29, 0.717) is 25.6 Å². The average Bonchev–Trinajstić information content (AvgIpc) is 3.09. The second kappa shape index (κ2) is 7.61. The van der Waals surface area contributed by atoms with Crippen molar-refractivity contribution < 1.29 is 21.6 Å². The van der Waals surface area contributed by atoms with Crippen molar-refractivity contribution >= 4 is 10.0 Å². The summed E-state index contributed by atoms with van der Waals surface area (Å²) in [4.78, 5) is 1.79. The molecule has 1 N–H and O–H groups in total. The van der Waals surface area contributed by atoms with E-state index in [9.17, 15) is 21.6 Å². The van der Waals surface area contributed by atoms with Crippen molar-refractivity contribution in [1.29, 1.82) is 0 Å². The molecule has 1 heterocycles. The van der Waals surface area contributed by atoms with Crippen molar-refractivity contribution in [1.82, 2.24) is 9.62 Å². The number of nitrogens with zero attached hydrogens (tertiary/aromatic N) is 1. The standard InChI is InChI=1S/C19H21F3N2O2S/c1-14(15-6-3-2-4-7-15)24-11-10-17(13-24)23-27(25,26)18-9-5-8-16(12-18)19(20,21)22/h2-9,12,14,17,23H,10-11,13H2,1H3/t14-,17-/m0/s1. The minimum Gasteiger partial charge on any atom is -0.295 e. The number of hydrogen-bond donors (Lipinski definition) is 1. The Balaban J connectivity index is 1.69. The lowest BCUT2D eigenvalue weighted by molar-refractivity contribution is -0.137. The quantitative estimate of drug-likeness (QED) is 0.833. The second-order valence-electron chi connectivity index (χ2n) is 6.71. The lowest BCUT2D eigenvalue weighted by Crippen LogP contribution is -2.37. The van der Waals surface area contributed by atoms with E-state index in [1.807, 2.05) is 30.3 Å². The molecular formula is C19H21F3N2O2S. The van der Waals surface area contributed by atoms with E-state index in [4.69, 9.17) is 0 Å². The molecule has 1 aliphatic rings. The molecule has 0 spiro atoms. The molecule has 0 saturated carbocycles. The molecule has 0 aromatic heterocycles. The van der Waals surface area contributed by atoms with Crippen molar-refractivity contribution in [3.05, 3.63) is 65.7 Å². The van der Waals surface area contributed by atoms with Crippen LogP contribution in [0.15, 0.2) is 59.5 Å². The maximum atomic E-state index is 12.8. The highest BCUT2D eigenvalue weighted by Crippen LogP contribution is 2.31. The smallest absolute Gasteiger partial charge is 0.295 e. The van der Waals surface area contributed by atoms with Gasteiger partial charge in [-0.05, 0) is 37.1 Å². The summed E-state index contributed by atoms with van der Waals surface area (Å²) in [6.45, 7) is 3.28. The van der Waals surface area contributed by atoms with Crippen LogP contribution >= 0.6 is 0 Å². The summed E-state index contributed by atoms with van der Waals surface area (Å²) < 4.78 is 66.1. The molecule has 1 fully saturated rings. The third kappa shape index (κ3) is 4.69. The first kappa shape index (κ1) is 19.9. The predicted molar refractivity (Wildman–Crippen MR) is 96.6 cm³/mol. The molecule has 0 radical (unpaired) electrons. The summed E-state index contributed by atoms with van der Waals surface area (Å²) in [5, 5.41) is 0. The maximum Gasteiger partial charge on any atom is 0.416 e. The largest absolute Gasteiger partial charge is 0.416 e. The normalized spacial score (nSPS) is 19.9. The molecule has 3 rings (SSSR count). The van der Waals surface area contributed by atoms with Crippen LogP contribution in [0.25, 0.3) is 0 Å². The first-order chi connectivity index (χ1) is 12.7. The Morgan fingerprint density at radius 1 is 1.11 bits per heavy atom. The second-order valence-corrected chi connectivity index (χ2v) is 8.43. The molecular weight excluding hydrogens is 377 g/mol. The SMILES string of the molecule is C[C@@H](c1ccccc1)N1CC[C@H](NS(=O)(=O)c2cccc(C(F)(F)F)c2)C1. The van der Waals surface area contributed by atoms with Gasteiger partial charge in [0.15, 0.2) is 0 Å². The number of halogens is 3. The van der Waals surface area contributed by atoms with Gasteiger partial charge in [0, 0.05) is 25.2 Å². The molecule has 1 aliphatic heterocycles. The fraction of sp³-hybridized carbons (Fsp3) is 0.368. The summed E-state index contributed by atoms with van der Waals surface area (Å²) >= 11 is 0. The minimum absolute atomic E-state index is 0.134. The first-order valence-corrected chi connectivity index (χ1v) is 10.1. The van der Waals surface area contributed by atoms with Crippen molar-refractivity contribution in [2.75, 3.05) is 13.1 Å². The number of benzene rings is 2. The van der Waals surface area contributed by atoms with Crippen LogP contribution in [0.2, 0.25) is 0 Å². The molecule has 2 aromatic carbocycles. The van der Waals surface area contributed by atoms with Gasteiger partial charge in [0.1, 0.15) is 0 Å². The van der Waals surface area contributed by atoms with Crippen LogP contribution in [0.3, 0.4) is 0 Å². The highest BCUT2D eigenvalue weighted by atomic mass is 32.2. The molecule has 1 saturated heterocycles. The van der Waals surface area contributed by atoms with Crippen LogP contribution in [0.4, 0.5) is 13.2 Å². The Hall–Kier alpha value is -1.90. The van der Waals surface area contributed by atoms with E-state index in [1.165, 1.54) is 6.07 Å². The number of alkyl halides is 3. The summed E-state index contributed by atoms with van der Waals surface area (Å²) in [6.07, 6.45) is -3.98. The van der Waals surface area contributed by atoms with Crippen LogP contribution in [-0.4, -0.2) is 32.4 Å². The van der Waals surface area contributed by atoms with E-state index in [0.717, 1.165) is 17.7 Å². The van der Waals surface area contributed by atoms with Gasteiger partial charge < -0.3 is 0 Å². The minimum atomic E-state index is -4.58. The zero-order chi connectivity index (χ0) is 19.7. The highest BCUT2D eigenvalue weighted by molar-refractivity contribution is 7.89. The van der Waals surface area contributed by atoms with E-state index in [2.05, 4.69) is 16.5 Å². The zero-order valence-corrected chi connectivity index (χ0v) is 15.6.